The van der Waals surface area contributed by atoms with Gasteiger partial charge in [-0.2, -0.15) is 0 Å². The van der Waals surface area contributed by atoms with E-state index in [1.54, 1.807) is 11.1 Å². The number of nitrogens with zero attached hydrogens (tertiary/aromatic N) is 2. The largest absolute Gasteiger partial charge is 0.310 e. The van der Waals surface area contributed by atoms with Crippen molar-refractivity contribution in [1.82, 2.24) is 0 Å². The molecule has 15 rings (SSSR count). The second-order valence-electron chi connectivity index (χ2n) is 20.1. The highest BCUT2D eigenvalue weighted by Gasteiger charge is 2.62. The van der Waals surface area contributed by atoms with Gasteiger partial charge in [-0.15, -0.1) is 0 Å². The molecule has 0 heterocycles. The normalized spacial score (nSPS) is 20.7. The van der Waals surface area contributed by atoms with Crippen molar-refractivity contribution in [2.75, 3.05) is 9.80 Å². The van der Waals surface area contributed by atoms with Gasteiger partial charge in [0.2, 0.25) is 0 Å². The molecular weight excluding hydrogens is 821 g/mol. The molecule has 4 fully saturated rings. The van der Waals surface area contributed by atoms with E-state index in [2.05, 4.69) is 240 Å². The Labute approximate surface area is 399 Å². The van der Waals surface area contributed by atoms with E-state index < -0.39 is 0 Å². The summed E-state index contributed by atoms with van der Waals surface area (Å²) < 4.78 is 0. The molecule has 2 heteroatoms. The first kappa shape index (κ1) is 39.5. The van der Waals surface area contributed by atoms with Gasteiger partial charge in [-0.25, -0.2) is 0 Å². The van der Waals surface area contributed by atoms with E-state index in [1.165, 1.54) is 110 Å². The lowest BCUT2D eigenvalue weighted by Gasteiger charge is -2.61. The van der Waals surface area contributed by atoms with Crippen molar-refractivity contribution >= 4 is 55.7 Å². The summed E-state index contributed by atoms with van der Waals surface area (Å²) in [5.74, 6) is 2.93. The predicted molar refractivity (Wildman–Crippen MR) is 285 cm³/mol. The molecule has 10 aromatic carbocycles. The zero-order valence-corrected chi connectivity index (χ0v) is 38.2. The van der Waals surface area contributed by atoms with Gasteiger partial charge in [-0.1, -0.05) is 152 Å². The molecule has 68 heavy (non-hydrogen) atoms. The summed E-state index contributed by atoms with van der Waals surface area (Å²) in [7, 11) is 0. The van der Waals surface area contributed by atoms with Crippen LogP contribution in [0.15, 0.2) is 231 Å². The second kappa shape index (κ2) is 15.7. The van der Waals surface area contributed by atoms with Crippen LogP contribution < -0.4 is 9.80 Å². The van der Waals surface area contributed by atoms with E-state index in [-0.39, 0.29) is 5.41 Å². The Morgan fingerprint density at radius 1 is 0.324 bits per heavy atom. The summed E-state index contributed by atoms with van der Waals surface area (Å²) in [6.45, 7) is 0. The number of hydrogen-bond donors (Lipinski definition) is 0. The number of benzene rings is 10. The average molecular weight is 873 g/mol. The van der Waals surface area contributed by atoms with Crippen LogP contribution in [0.4, 0.5) is 34.1 Å². The topological polar surface area (TPSA) is 6.48 Å². The first-order chi connectivity index (χ1) is 33.7. The van der Waals surface area contributed by atoms with Crippen LogP contribution in [0.2, 0.25) is 0 Å². The molecule has 0 N–H and O–H groups in total. The lowest BCUT2D eigenvalue weighted by atomic mass is 9.43. The van der Waals surface area contributed by atoms with Crippen LogP contribution in [-0.2, 0) is 5.41 Å². The number of anilines is 6. The van der Waals surface area contributed by atoms with Gasteiger partial charge in [0.25, 0.3) is 0 Å². The molecular formula is C66H52N2. The van der Waals surface area contributed by atoms with E-state index >= 15 is 0 Å². The van der Waals surface area contributed by atoms with Gasteiger partial charge < -0.3 is 9.80 Å². The maximum Gasteiger partial charge on any atom is 0.0543 e. The van der Waals surface area contributed by atoms with E-state index in [0.717, 1.165) is 23.2 Å². The highest BCUT2D eigenvalue weighted by Crippen LogP contribution is 2.71. The monoisotopic (exact) mass is 872 g/mol. The van der Waals surface area contributed by atoms with Crippen LogP contribution in [0.3, 0.4) is 0 Å². The summed E-state index contributed by atoms with van der Waals surface area (Å²) in [5, 5.41) is 5.27. The molecule has 326 valence electrons. The summed E-state index contributed by atoms with van der Waals surface area (Å²) in [6.07, 6.45) is 6.74. The molecule has 0 unspecified atom stereocenters. The molecule has 0 radical (unpaired) electrons. The molecule has 0 atom stereocenters. The van der Waals surface area contributed by atoms with Gasteiger partial charge in [0.05, 0.1) is 5.69 Å². The molecule has 4 saturated carbocycles. The maximum atomic E-state index is 2.68. The van der Waals surface area contributed by atoms with Crippen molar-refractivity contribution in [3.63, 3.8) is 0 Å². The number of hydrogen-bond acceptors (Lipinski definition) is 2. The summed E-state index contributed by atoms with van der Waals surface area (Å²) >= 11 is 0. The van der Waals surface area contributed by atoms with E-state index in [9.17, 15) is 0 Å². The third kappa shape index (κ3) is 6.16. The molecule has 10 aromatic rings. The summed E-state index contributed by atoms with van der Waals surface area (Å²) in [5.41, 5.74) is 18.0. The molecule has 0 saturated heterocycles. The molecule has 2 nitrogen and oxygen atoms in total. The number of fused-ring (bicyclic) bond motifs is 6. The van der Waals surface area contributed by atoms with Crippen LogP contribution in [0.1, 0.15) is 43.2 Å². The number of rotatable bonds is 8. The minimum atomic E-state index is -0.0486. The molecule has 5 aliphatic rings. The Kier molecular flexibility index (Phi) is 9.12. The molecule has 5 aliphatic carbocycles. The second-order valence-corrected chi connectivity index (χ2v) is 20.1. The Balaban J connectivity index is 0.965. The fourth-order valence-corrected chi connectivity index (χ4v) is 14.0. The Morgan fingerprint density at radius 3 is 1.35 bits per heavy atom. The van der Waals surface area contributed by atoms with Gasteiger partial charge in [-0.3, -0.25) is 0 Å². The lowest BCUT2D eigenvalue weighted by Crippen LogP contribution is -2.55. The highest BCUT2D eigenvalue weighted by atomic mass is 15.1. The van der Waals surface area contributed by atoms with Crippen molar-refractivity contribution < 1.29 is 0 Å². The van der Waals surface area contributed by atoms with Crippen molar-refractivity contribution in [3.05, 3.63) is 242 Å². The van der Waals surface area contributed by atoms with Crippen molar-refractivity contribution in [2.45, 2.75) is 37.5 Å². The quantitative estimate of drug-likeness (QED) is 0.150. The maximum absolute atomic E-state index is 2.68. The first-order valence-corrected chi connectivity index (χ1v) is 24.8. The molecule has 0 aliphatic heterocycles. The molecule has 4 bridgehead atoms. The fraction of sp³-hybridized carbons (Fsp3) is 0.152. The van der Waals surface area contributed by atoms with Crippen molar-refractivity contribution in [1.29, 1.82) is 0 Å². The Hall–Kier alpha value is -7.68. The third-order valence-electron chi connectivity index (χ3n) is 16.6. The van der Waals surface area contributed by atoms with Gasteiger partial charge in [0.15, 0.2) is 0 Å². The van der Waals surface area contributed by atoms with Crippen LogP contribution in [0, 0.1) is 23.7 Å². The van der Waals surface area contributed by atoms with Crippen LogP contribution >= 0.6 is 0 Å². The lowest BCUT2D eigenvalue weighted by molar-refractivity contribution is -0.0398. The van der Waals surface area contributed by atoms with Crippen LogP contribution in [-0.4, -0.2) is 0 Å². The molecule has 1 spiro atoms. The molecule has 0 amide bonds. The van der Waals surface area contributed by atoms with Gasteiger partial charge in [-0.05, 0) is 195 Å². The predicted octanol–water partition coefficient (Wildman–Crippen LogP) is 18.0. The average Bonchev–Trinajstić information content (AvgIpc) is 3.68. The zero-order chi connectivity index (χ0) is 44.8. The van der Waals surface area contributed by atoms with E-state index in [0.29, 0.717) is 11.8 Å². The van der Waals surface area contributed by atoms with E-state index in [4.69, 9.17) is 0 Å². The minimum absolute atomic E-state index is 0.0486. The molecule has 0 aromatic heterocycles. The van der Waals surface area contributed by atoms with E-state index in [1.807, 2.05) is 0 Å². The van der Waals surface area contributed by atoms with Crippen LogP contribution in [0.25, 0.3) is 54.9 Å². The Morgan fingerprint density at radius 2 is 0.779 bits per heavy atom. The summed E-state index contributed by atoms with van der Waals surface area (Å²) in [4.78, 5) is 4.97. The summed E-state index contributed by atoms with van der Waals surface area (Å²) in [6, 6.07) is 86.1. The number of para-hydroxylation sites is 2. The van der Waals surface area contributed by atoms with Crippen molar-refractivity contribution in [2.24, 2.45) is 23.7 Å². The Bertz CT molecular complexity index is 3460. The third-order valence-corrected chi connectivity index (χ3v) is 16.6. The van der Waals surface area contributed by atoms with Crippen molar-refractivity contribution in [3.8, 4) is 33.4 Å². The van der Waals surface area contributed by atoms with Crippen LogP contribution in [0.5, 0.6) is 0 Å². The zero-order valence-electron chi connectivity index (χ0n) is 38.2. The minimum Gasteiger partial charge on any atom is -0.310 e. The van der Waals surface area contributed by atoms with Gasteiger partial charge in [0, 0.05) is 39.2 Å². The van der Waals surface area contributed by atoms with Gasteiger partial charge in [0.1, 0.15) is 0 Å². The van der Waals surface area contributed by atoms with Gasteiger partial charge >= 0.3 is 0 Å². The highest BCUT2D eigenvalue weighted by molar-refractivity contribution is 6.11. The first-order valence-electron chi connectivity index (χ1n) is 24.8. The standard InChI is InChI=1S/C66H52N2/c1-5-15-46(16-6-1)48-25-30-56(31-26-48)67(54-19-9-3-10-20-54)58-34-29-50-41-61-62(42-51(50)40-58)66(52-36-44-35-45(38-52)39-53(66)37-44)63-43-64(59-23-13-14-24-60(59)65(61)63)68(55-21-11-4-12-22-55)57-32-27-49(28-33-57)47-17-7-2-8-18-47/h1-34,40-45,52-53H,35-39H2. The fourth-order valence-electron chi connectivity index (χ4n) is 14.0. The smallest absolute Gasteiger partial charge is 0.0543 e. The SMILES string of the molecule is c1ccc(-c2ccc(N(c3ccccc3)c3ccc4cc5c(cc4c3)C3(c4cc(N(c6ccccc6)c6ccc(-c7ccccc7)cc6)c6ccccc6c4-5)C4CC5CC(C4)CC3C5)cc2)cc1.